The van der Waals surface area contributed by atoms with Gasteiger partial charge in [0, 0.05) is 25.2 Å². The highest BCUT2D eigenvalue weighted by Gasteiger charge is 2.28. The number of allylic oxidation sites excluding steroid dienone is 1. The highest BCUT2D eigenvalue weighted by molar-refractivity contribution is 4.96. The third-order valence-corrected chi connectivity index (χ3v) is 4.25. The number of likely N-dealkylation sites (tertiary alicyclic amines) is 1. The maximum Gasteiger partial charge on any atom is 0.0446 e. The molecule has 3 heteroatoms. The van der Waals surface area contributed by atoms with Gasteiger partial charge in [-0.05, 0) is 51.6 Å². The zero-order valence-corrected chi connectivity index (χ0v) is 14.1. The predicted molar refractivity (Wildman–Crippen MR) is 87.0 cm³/mol. The lowest BCUT2D eigenvalue weighted by molar-refractivity contribution is 0.153. The number of nitrogens with zero attached hydrogens (tertiary/aromatic N) is 1. The first kappa shape index (κ1) is 17.7. The number of aliphatic hydroxyl groups is 1. The fourth-order valence-corrected chi connectivity index (χ4v) is 2.77. The highest BCUT2D eigenvalue weighted by Crippen LogP contribution is 2.23. The Morgan fingerprint density at radius 3 is 2.35 bits per heavy atom. The van der Waals surface area contributed by atoms with Crippen LogP contribution in [0.4, 0.5) is 0 Å². The summed E-state index contributed by atoms with van der Waals surface area (Å²) < 4.78 is 0. The molecule has 0 amide bonds. The summed E-state index contributed by atoms with van der Waals surface area (Å²) in [5, 5.41) is 13.0. The summed E-state index contributed by atoms with van der Waals surface area (Å²) in [6.07, 6.45) is 5.60. The average Bonchev–Trinajstić information content (AvgIpc) is 2.36. The molecule has 1 heterocycles. The van der Waals surface area contributed by atoms with E-state index in [0.29, 0.717) is 12.1 Å². The molecule has 1 rings (SSSR count). The molecule has 0 aliphatic carbocycles. The largest absolute Gasteiger partial charge is 0.396 e. The molecule has 0 aromatic heterocycles. The van der Waals surface area contributed by atoms with Gasteiger partial charge in [-0.1, -0.05) is 32.4 Å². The van der Waals surface area contributed by atoms with Gasteiger partial charge in [-0.25, -0.2) is 0 Å². The first-order valence-corrected chi connectivity index (χ1v) is 8.05. The topological polar surface area (TPSA) is 35.5 Å². The molecule has 118 valence electrons. The molecule has 1 aliphatic rings. The molecule has 0 bridgehead atoms. The highest BCUT2D eigenvalue weighted by atomic mass is 16.3. The van der Waals surface area contributed by atoms with Gasteiger partial charge in [-0.3, -0.25) is 4.90 Å². The molecule has 0 aromatic carbocycles. The molecule has 3 nitrogen and oxygen atoms in total. The van der Waals surface area contributed by atoms with Crippen LogP contribution in [0.1, 0.15) is 53.9 Å². The molecule has 0 radical (unpaired) electrons. The van der Waals surface area contributed by atoms with E-state index in [1.165, 1.54) is 31.5 Å². The van der Waals surface area contributed by atoms with Crippen LogP contribution in [-0.2, 0) is 0 Å². The Morgan fingerprint density at radius 1 is 1.30 bits per heavy atom. The third-order valence-electron chi connectivity index (χ3n) is 4.25. The molecule has 20 heavy (non-hydrogen) atoms. The van der Waals surface area contributed by atoms with Gasteiger partial charge in [0.15, 0.2) is 0 Å². The lowest BCUT2D eigenvalue weighted by atomic mass is 9.84. The van der Waals surface area contributed by atoms with Crippen LogP contribution in [0.5, 0.6) is 0 Å². The summed E-state index contributed by atoms with van der Waals surface area (Å²) >= 11 is 0. The van der Waals surface area contributed by atoms with Gasteiger partial charge >= 0.3 is 0 Å². The second-order valence-electron chi connectivity index (χ2n) is 7.45. The van der Waals surface area contributed by atoms with Crippen molar-refractivity contribution in [3.05, 3.63) is 11.6 Å². The van der Waals surface area contributed by atoms with E-state index >= 15 is 0 Å². The first-order valence-electron chi connectivity index (χ1n) is 8.05. The number of nitrogens with one attached hydrogen (secondary N) is 1. The Kier molecular flexibility index (Phi) is 7.21. The molecule has 1 aliphatic heterocycles. The zero-order chi connectivity index (χ0) is 15.2. The van der Waals surface area contributed by atoms with E-state index in [-0.39, 0.29) is 12.0 Å². The molecular formula is C17H34N2O. The third kappa shape index (κ3) is 6.38. The molecule has 0 saturated carbocycles. The molecule has 0 spiro atoms. The van der Waals surface area contributed by atoms with Crippen LogP contribution in [0.25, 0.3) is 0 Å². The molecule has 2 N–H and O–H groups in total. The SMILES string of the molecule is CC(C)=CCN1CCC(NC(CCO)C(C)(C)C)CC1. The van der Waals surface area contributed by atoms with E-state index in [0.717, 1.165) is 13.0 Å². The van der Waals surface area contributed by atoms with E-state index in [2.05, 4.69) is 50.9 Å². The first-order chi connectivity index (χ1) is 9.32. The van der Waals surface area contributed by atoms with Crippen LogP contribution >= 0.6 is 0 Å². The van der Waals surface area contributed by atoms with Crippen molar-refractivity contribution < 1.29 is 5.11 Å². The quantitative estimate of drug-likeness (QED) is 0.735. The van der Waals surface area contributed by atoms with Gasteiger partial charge in [0.25, 0.3) is 0 Å². The van der Waals surface area contributed by atoms with Crippen molar-refractivity contribution in [2.24, 2.45) is 5.41 Å². The minimum atomic E-state index is 0.210. The second-order valence-corrected chi connectivity index (χ2v) is 7.45. The van der Waals surface area contributed by atoms with E-state index in [1.54, 1.807) is 0 Å². The molecule has 1 unspecified atom stereocenters. The fraction of sp³-hybridized carbons (Fsp3) is 0.882. The van der Waals surface area contributed by atoms with Crippen LogP contribution in [0.15, 0.2) is 11.6 Å². The summed E-state index contributed by atoms with van der Waals surface area (Å²) in [5.74, 6) is 0. The Balaban J connectivity index is 2.39. The number of piperidine rings is 1. The normalized spacial score (nSPS) is 19.9. The van der Waals surface area contributed by atoms with Gasteiger partial charge in [0.1, 0.15) is 0 Å². The Bertz CT molecular complexity index is 295. The molecule has 1 saturated heterocycles. The Hall–Kier alpha value is -0.380. The molecular weight excluding hydrogens is 248 g/mol. The van der Waals surface area contributed by atoms with Gasteiger partial charge in [0.2, 0.25) is 0 Å². The Morgan fingerprint density at radius 2 is 1.90 bits per heavy atom. The zero-order valence-electron chi connectivity index (χ0n) is 14.1. The van der Waals surface area contributed by atoms with Crippen molar-refractivity contribution in [3.63, 3.8) is 0 Å². The Labute approximate surface area is 125 Å². The van der Waals surface area contributed by atoms with E-state index in [1.807, 2.05) is 0 Å². The summed E-state index contributed by atoms with van der Waals surface area (Å²) in [4.78, 5) is 2.53. The lowest BCUT2D eigenvalue weighted by Gasteiger charge is -2.38. The van der Waals surface area contributed by atoms with E-state index < -0.39 is 0 Å². The van der Waals surface area contributed by atoms with Gasteiger partial charge in [0.05, 0.1) is 0 Å². The van der Waals surface area contributed by atoms with Crippen LogP contribution in [0, 0.1) is 5.41 Å². The van der Waals surface area contributed by atoms with Crippen LogP contribution in [-0.4, -0.2) is 48.3 Å². The minimum Gasteiger partial charge on any atom is -0.396 e. The maximum atomic E-state index is 9.24. The number of hydrogen-bond donors (Lipinski definition) is 2. The second kappa shape index (κ2) is 8.16. The summed E-state index contributed by atoms with van der Waals surface area (Å²) in [7, 11) is 0. The molecule has 0 aromatic rings. The fourth-order valence-electron chi connectivity index (χ4n) is 2.77. The van der Waals surface area contributed by atoms with Crippen LogP contribution in [0.2, 0.25) is 0 Å². The van der Waals surface area contributed by atoms with Crippen LogP contribution in [0.3, 0.4) is 0 Å². The maximum absolute atomic E-state index is 9.24. The minimum absolute atomic E-state index is 0.210. The van der Waals surface area contributed by atoms with Gasteiger partial charge in [-0.15, -0.1) is 0 Å². The standard InChI is InChI=1S/C17H34N2O/c1-14(2)6-10-19-11-7-15(8-12-19)18-16(9-13-20)17(3,4)5/h6,15-16,18,20H,7-13H2,1-5H3. The van der Waals surface area contributed by atoms with Crippen LogP contribution < -0.4 is 5.32 Å². The van der Waals surface area contributed by atoms with E-state index in [9.17, 15) is 5.11 Å². The van der Waals surface area contributed by atoms with Crippen molar-refractivity contribution in [3.8, 4) is 0 Å². The number of rotatable bonds is 6. The predicted octanol–water partition coefficient (Wildman–Crippen LogP) is 2.80. The van der Waals surface area contributed by atoms with Crippen molar-refractivity contribution in [2.45, 2.75) is 66.0 Å². The van der Waals surface area contributed by atoms with Gasteiger partial charge in [-0.2, -0.15) is 0 Å². The number of hydrogen-bond acceptors (Lipinski definition) is 3. The molecule has 1 atom stereocenters. The summed E-state index contributed by atoms with van der Waals surface area (Å²) in [5.41, 5.74) is 1.61. The lowest BCUT2D eigenvalue weighted by Crippen LogP contribution is -2.50. The van der Waals surface area contributed by atoms with Gasteiger partial charge < -0.3 is 10.4 Å². The van der Waals surface area contributed by atoms with Crippen molar-refractivity contribution >= 4 is 0 Å². The van der Waals surface area contributed by atoms with Crippen molar-refractivity contribution in [2.75, 3.05) is 26.2 Å². The summed E-state index contributed by atoms with van der Waals surface area (Å²) in [6, 6.07) is 1.01. The summed E-state index contributed by atoms with van der Waals surface area (Å²) in [6.45, 7) is 14.8. The van der Waals surface area contributed by atoms with E-state index in [4.69, 9.17) is 0 Å². The average molecular weight is 282 g/mol. The number of aliphatic hydroxyl groups excluding tert-OH is 1. The smallest absolute Gasteiger partial charge is 0.0446 e. The van der Waals surface area contributed by atoms with Crippen molar-refractivity contribution in [1.82, 2.24) is 10.2 Å². The van der Waals surface area contributed by atoms with Crippen molar-refractivity contribution in [1.29, 1.82) is 0 Å². The monoisotopic (exact) mass is 282 g/mol. The molecule has 1 fully saturated rings.